The molecule has 1 rings (SSSR count). The summed E-state index contributed by atoms with van der Waals surface area (Å²) in [6, 6.07) is 3.07. The summed E-state index contributed by atoms with van der Waals surface area (Å²) in [5, 5.41) is 24.5. The summed E-state index contributed by atoms with van der Waals surface area (Å²) in [5.41, 5.74) is 4.82. The number of alkyl carbamates (subject to hydrolysis) is 1. The van der Waals surface area contributed by atoms with Gasteiger partial charge in [-0.2, -0.15) is 0 Å². The molecule has 2 atom stereocenters. The van der Waals surface area contributed by atoms with Gasteiger partial charge in [-0.1, -0.05) is 31.9 Å². The maximum Gasteiger partial charge on any atom is 0.408 e. The molecule has 0 saturated heterocycles. The summed E-state index contributed by atoms with van der Waals surface area (Å²) in [5.74, 6) is -2.20. The zero-order valence-electron chi connectivity index (χ0n) is 20.9. The maximum atomic E-state index is 13.5. The van der Waals surface area contributed by atoms with Crippen molar-refractivity contribution in [3.05, 3.63) is 29.8 Å². The molecule has 0 fully saturated rings. The number of benzene rings is 1. The van der Waals surface area contributed by atoms with Crippen LogP contribution in [0.1, 0.15) is 65.0 Å². The van der Waals surface area contributed by atoms with E-state index in [9.17, 15) is 29.4 Å². The van der Waals surface area contributed by atoms with Gasteiger partial charge in [0.25, 0.3) is 0 Å². The highest BCUT2D eigenvalue weighted by molar-refractivity contribution is 5.94. The average molecular weight is 495 g/mol. The van der Waals surface area contributed by atoms with E-state index < -0.39 is 54.5 Å². The van der Waals surface area contributed by atoms with E-state index in [-0.39, 0.29) is 12.3 Å². The maximum absolute atomic E-state index is 13.5. The first-order chi connectivity index (χ1) is 16.4. The van der Waals surface area contributed by atoms with Gasteiger partial charge >= 0.3 is 6.09 Å². The first kappa shape index (κ1) is 29.7. The van der Waals surface area contributed by atoms with E-state index in [1.165, 1.54) is 24.3 Å². The number of hydrogen-bond donors (Lipinski definition) is 5. The van der Waals surface area contributed by atoms with Gasteiger partial charge in [-0.3, -0.25) is 14.4 Å². The number of aromatic hydroxyl groups is 1. The average Bonchev–Trinajstić information content (AvgIpc) is 2.75. The first-order valence-corrected chi connectivity index (χ1v) is 11.6. The lowest BCUT2D eigenvalue weighted by molar-refractivity contribution is -0.143. The number of rotatable bonds is 13. The second kappa shape index (κ2) is 14.1. The van der Waals surface area contributed by atoms with Crippen molar-refractivity contribution in [2.75, 3.05) is 19.7 Å². The van der Waals surface area contributed by atoms with Crippen LogP contribution in [0, 0.1) is 0 Å². The molecule has 0 aromatic heterocycles. The van der Waals surface area contributed by atoms with Gasteiger partial charge in [-0.15, -0.1) is 0 Å². The molecular formula is C24H38N4O7. The third-order valence-electron chi connectivity index (χ3n) is 4.87. The van der Waals surface area contributed by atoms with Crippen molar-refractivity contribution in [1.82, 2.24) is 15.5 Å². The number of hydrogen-bond acceptors (Lipinski definition) is 7. The van der Waals surface area contributed by atoms with Gasteiger partial charge in [0.15, 0.2) is 0 Å². The van der Waals surface area contributed by atoms with Crippen molar-refractivity contribution < 1.29 is 34.1 Å². The van der Waals surface area contributed by atoms with Gasteiger partial charge in [0.2, 0.25) is 17.7 Å². The zero-order chi connectivity index (χ0) is 26.6. The quantitative estimate of drug-likeness (QED) is 0.257. The largest absolute Gasteiger partial charge is 0.508 e. The number of aliphatic hydroxyl groups excluding tert-OH is 1. The lowest BCUT2D eigenvalue weighted by atomic mass is 10.0. The Balaban J connectivity index is 3.33. The molecule has 4 amide bonds. The van der Waals surface area contributed by atoms with Gasteiger partial charge < -0.3 is 36.2 Å². The number of unbranched alkanes of at least 4 members (excludes halogenated alkanes) is 2. The molecule has 0 aliphatic rings. The van der Waals surface area contributed by atoms with E-state index in [1.807, 2.05) is 6.92 Å². The van der Waals surface area contributed by atoms with Crippen LogP contribution >= 0.6 is 0 Å². The van der Waals surface area contributed by atoms with E-state index >= 15 is 0 Å². The monoisotopic (exact) mass is 494 g/mol. The molecule has 6 N–H and O–H groups in total. The minimum Gasteiger partial charge on any atom is -0.508 e. The number of amides is 4. The standard InChI is InChI=1S/C24H38N4O7/c1-5-6-7-12-26-21(32)20(16-8-10-17(30)11-9-16)28(13-14-29)22(33)18(15-19(25)31)27-23(34)35-24(2,3)4/h8-11,18,20,29-30H,5-7,12-15H2,1-4H3,(H2,25,31)(H,26,32)(H,27,34). The Morgan fingerprint density at radius 3 is 2.26 bits per heavy atom. The Morgan fingerprint density at radius 2 is 1.74 bits per heavy atom. The molecule has 1 aromatic carbocycles. The van der Waals surface area contributed by atoms with Crippen LogP contribution in [-0.4, -0.2) is 70.3 Å². The highest BCUT2D eigenvalue weighted by Crippen LogP contribution is 2.25. The van der Waals surface area contributed by atoms with Crippen molar-refractivity contribution in [3.63, 3.8) is 0 Å². The first-order valence-electron chi connectivity index (χ1n) is 11.6. The Kier molecular flexibility index (Phi) is 12.0. The Labute approximate surface area is 206 Å². The number of nitrogens with two attached hydrogens (primary N) is 1. The molecule has 1 aromatic rings. The van der Waals surface area contributed by atoms with Crippen molar-refractivity contribution in [3.8, 4) is 5.75 Å². The summed E-state index contributed by atoms with van der Waals surface area (Å²) in [6.07, 6.45) is 1.12. The van der Waals surface area contributed by atoms with Crippen molar-refractivity contribution >= 4 is 23.8 Å². The molecule has 11 heteroatoms. The van der Waals surface area contributed by atoms with E-state index in [2.05, 4.69) is 10.6 Å². The third kappa shape index (κ3) is 10.6. The normalized spacial score (nSPS) is 12.8. The second-order valence-corrected chi connectivity index (χ2v) is 9.12. The zero-order valence-corrected chi connectivity index (χ0v) is 20.9. The highest BCUT2D eigenvalue weighted by atomic mass is 16.6. The van der Waals surface area contributed by atoms with Crippen LogP contribution < -0.4 is 16.4 Å². The van der Waals surface area contributed by atoms with Crippen molar-refractivity contribution in [2.24, 2.45) is 5.73 Å². The number of nitrogens with one attached hydrogen (secondary N) is 2. The molecule has 0 saturated carbocycles. The molecule has 35 heavy (non-hydrogen) atoms. The smallest absolute Gasteiger partial charge is 0.408 e. The summed E-state index contributed by atoms with van der Waals surface area (Å²) in [4.78, 5) is 51.8. The van der Waals surface area contributed by atoms with Crippen molar-refractivity contribution in [2.45, 2.75) is 71.1 Å². The van der Waals surface area contributed by atoms with Crippen LogP contribution in [0.5, 0.6) is 5.75 Å². The van der Waals surface area contributed by atoms with Gasteiger partial charge in [0.1, 0.15) is 23.4 Å². The topological polar surface area (TPSA) is 171 Å². The minimum absolute atomic E-state index is 0.0333. The number of carbonyl (C=O) groups is 4. The molecule has 0 bridgehead atoms. The van der Waals surface area contributed by atoms with E-state index in [0.717, 1.165) is 24.2 Å². The number of primary amides is 1. The Morgan fingerprint density at radius 1 is 1.11 bits per heavy atom. The van der Waals surface area contributed by atoms with Gasteiger partial charge in [0.05, 0.1) is 13.0 Å². The van der Waals surface area contributed by atoms with Crippen molar-refractivity contribution in [1.29, 1.82) is 0 Å². The van der Waals surface area contributed by atoms with Crippen LogP contribution in [0.25, 0.3) is 0 Å². The second-order valence-electron chi connectivity index (χ2n) is 9.12. The van der Waals surface area contributed by atoms with E-state index in [0.29, 0.717) is 12.1 Å². The van der Waals surface area contributed by atoms with Crippen LogP contribution in [0.4, 0.5) is 4.79 Å². The minimum atomic E-state index is -1.43. The predicted molar refractivity (Wildman–Crippen MR) is 129 cm³/mol. The fraction of sp³-hybridized carbons (Fsp3) is 0.583. The summed E-state index contributed by atoms with van der Waals surface area (Å²) < 4.78 is 5.19. The summed E-state index contributed by atoms with van der Waals surface area (Å²) >= 11 is 0. The Bertz CT molecular complexity index is 852. The Hall–Kier alpha value is -3.34. The molecule has 196 valence electrons. The van der Waals surface area contributed by atoms with Gasteiger partial charge in [-0.25, -0.2) is 4.79 Å². The van der Waals surface area contributed by atoms with Crippen LogP contribution in [0.2, 0.25) is 0 Å². The fourth-order valence-electron chi connectivity index (χ4n) is 3.34. The SMILES string of the molecule is CCCCCNC(=O)C(c1ccc(O)cc1)N(CCO)C(=O)C(CC(N)=O)NC(=O)OC(C)(C)C. The lowest BCUT2D eigenvalue weighted by Gasteiger charge is -2.34. The molecule has 11 nitrogen and oxygen atoms in total. The van der Waals surface area contributed by atoms with Gasteiger partial charge in [0, 0.05) is 13.1 Å². The van der Waals surface area contributed by atoms with Gasteiger partial charge in [-0.05, 0) is 44.9 Å². The molecule has 0 spiro atoms. The van der Waals surface area contributed by atoms with Crippen LogP contribution in [0.3, 0.4) is 0 Å². The fourth-order valence-corrected chi connectivity index (χ4v) is 3.34. The molecule has 0 aliphatic heterocycles. The lowest BCUT2D eigenvalue weighted by Crippen LogP contribution is -2.54. The molecule has 0 radical (unpaired) electrons. The predicted octanol–water partition coefficient (Wildman–Crippen LogP) is 1.33. The molecular weight excluding hydrogens is 456 g/mol. The molecule has 0 heterocycles. The molecule has 0 aliphatic carbocycles. The summed E-state index contributed by atoms with van der Waals surface area (Å²) in [6.45, 7) is 6.57. The van der Waals surface area contributed by atoms with E-state index in [1.54, 1.807) is 20.8 Å². The number of aliphatic hydroxyl groups is 1. The summed E-state index contributed by atoms with van der Waals surface area (Å²) in [7, 11) is 0. The number of ether oxygens (including phenoxy) is 1. The number of carbonyl (C=O) groups excluding carboxylic acids is 4. The number of phenolic OH excluding ortho intramolecular Hbond substituents is 1. The third-order valence-corrected chi connectivity index (χ3v) is 4.87. The number of phenols is 1. The highest BCUT2D eigenvalue weighted by Gasteiger charge is 2.36. The van der Waals surface area contributed by atoms with Crippen LogP contribution in [0.15, 0.2) is 24.3 Å². The van der Waals surface area contributed by atoms with Crippen LogP contribution in [-0.2, 0) is 19.1 Å². The van der Waals surface area contributed by atoms with E-state index in [4.69, 9.17) is 10.5 Å². The molecule has 2 unspecified atom stereocenters. The number of nitrogens with zero attached hydrogens (tertiary/aromatic N) is 1.